The molecule has 174 valence electrons. The molecule has 0 aliphatic carbocycles. The van der Waals surface area contributed by atoms with Crippen molar-refractivity contribution in [1.82, 2.24) is 14.9 Å². The number of aromatic nitrogens is 2. The van der Waals surface area contributed by atoms with Crippen LogP contribution in [0.25, 0.3) is 10.9 Å². The summed E-state index contributed by atoms with van der Waals surface area (Å²) in [6, 6.07) is 12.9. The van der Waals surface area contributed by atoms with Crippen molar-refractivity contribution in [2.24, 2.45) is 5.92 Å². The lowest BCUT2D eigenvalue weighted by molar-refractivity contribution is -0.122. The molecule has 0 aliphatic rings. The number of aryl methyl sites for hydroxylation is 1. The maximum absolute atomic E-state index is 13.0. The van der Waals surface area contributed by atoms with Crippen LogP contribution < -0.4 is 16.2 Å². The molecule has 0 saturated heterocycles. The van der Waals surface area contributed by atoms with Crippen LogP contribution >= 0.6 is 11.8 Å². The number of hydrogen-bond acceptors (Lipinski definition) is 5. The number of amides is 2. The van der Waals surface area contributed by atoms with Crippen LogP contribution in [0.1, 0.15) is 31.4 Å². The Hall–Kier alpha value is -3.13. The minimum atomic E-state index is -0.297. The second-order valence-electron chi connectivity index (χ2n) is 8.41. The SMILES string of the molecule is Cc1cccc(NC(=O)CNC(=O)CSc2nc3ccccc3c(=O)n2CCC(C)C)c1C. The summed E-state index contributed by atoms with van der Waals surface area (Å²) in [5.74, 6) is -0.0998. The number of fused-ring (bicyclic) bond motifs is 1. The van der Waals surface area contributed by atoms with Gasteiger partial charge in [-0.25, -0.2) is 4.98 Å². The van der Waals surface area contributed by atoms with E-state index < -0.39 is 0 Å². The van der Waals surface area contributed by atoms with Gasteiger partial charge in [-0.2, -0.15) is 0 Å². The first-order chi connectivity index (χ1) is 15.8. The van der Waals surface area contributed by atoms with E-state index in [4.69, 9.17) is 0 Å². The van der Waals surface area contributed by atoms with Crippen molar-refractivity contribution in [2.45, 2.75) is 45.8 Å². The van der Waals surface area contributed by atoms with E-state index in [1.54, 1.807) is 16.7 Å². The largest absolute Gasteiger partial charge is 0.346 e. The molecular weight excluding hydrogens is 436 g/mol. The third-order valence-electron chi connectivity index (χ3n) is 5.41. The van der Waals surface area contributed by atoms with Crippen molar-refractivity contribution in [3.05, 3.63) is 63.9 Å². The smallest absolute Gasteiger partial charge is 0.262 e. The molecule has 0 fully saturated rings. The first-order valence-corrected chi connectivity index (χ1v) is 12.0. The Balaban J connectivity index is 1.63. The number of carbonyl (C=O) groups excluding carboxylic acids is 2. The van der Waals surface area contributed by atoms with E-state index in [1.165, 1.54) is 11.8 Å². The standard InChI is InChI=1S/C25H30N4O3S/c1-16(2)12-13-29-24(32)19-9-5-6-10-21(19)28-25(29)33-15-23(31)26-14-22(30)27-20-11-7-8-17(3)18(20)4/h5-11,16H,12-15H2,1-4H3,(H,26,31)(H,27,30). The molecule has 1 aromatic heterocycles. The van der Waals surface area contributed by atoms with E-state index in [1.807, 2.05) is 44.2 Å². The van der Waals surface area contributed by atoms with Crippen LogP contribution in [-0.4, -0.2) is 33.7 Å². The minimum absolute atomic E-state index is 0.0587. The molecular formula is C25H30N4O3S. The summed E-state index contributed by atoms with van der Waals surface area (Å²) in [5.41, 5.74) is 3.32. The van der Waals surface area contributed by atoms with Crippen molar-refractivity contribution >= 4 is 40.2 Å². The predicted molar refractivity (Wildman–Crippen MR) is 134 cm³/mol. The van der Waals surface area contributed by atoms with Crippen LogP contribution in [0.2, 0.25) is 0 Å². The highest BCUT2D eigenvalue weighted by molar-refractivity contribution is 7.99. The van der Waals surface area contributed by atoms with Crippen LogP contribution in [-0.2, 0) is 16.1 Å². The molecule has 0 spiro atoms. The fourth-order valence-corrected chi connectivity index (χ4v) is 4.14. The van der Waals surface area contributed by atoms with E-state index in [-0.39, 0.29) is 29.7 Å². The quantitative estimate of drug-likeness (QED) is 0.368. The zero-order chi connectivity index (χ0) is 24.0. The predicted octanol–water partition coefficient (Wildman–Crippen LogP) is 3.91. The summed E-state index contributed by atoms with van der Waals surface area (Å²) >= 11 is 1.20. The second kappa shape index (κ2) is 11.1. The van der Waals surface area contributed by atoms with Gasteiger partial charge in [-0.05, 0) is 55.5 Å². The first-order valence-electron chi connectivity index (χ1n) is 11.0. The van der Waals surface area contributed by atoms with Crippen LogP contribution in [0.15, 0.2) is 52.4 Å². The van der Waals surface area contributed by atoms with Crippen LogP contribution in [0, 0.1) is 19.8 Å². The normalized spacial score (nSPS) is 11.1. The van der Waals surface area contributed by atoms with Gasteiger partial charge in [0.15, 0.2) is 5.16 Å². The lowest BCUT2D eigenvalue weighted by Gasteiger charge is -2.14. The second-order valence-corrected chi connectivity index (χ2v) is 9.35. The van der Waals surface area contributed by atoms with Gasteiger partial charge in [-0.1, -0.05) is 49.9 Å². The van der Waals surface area contributed by atoms with Gasteiger partial charge in [-0.15, -0.1) is 0 Å². The van der Waals surface area contributed by atoms with E-state index in [0.29, 0.717) is 28.5 Å². The molecule has 3 rings (SSSR count). The third-order valence-corrected chi connectivity index (χ3v) is 6.39. The van der Waals surface area contributed by atoms with E-state index in [9.17, 15) is 14.4 Å². The van der Waals surface area contributed by atoms with Crippen LogP contribution in [0.3, 0.4) is 0 Å². The average molecular weight is 467 g/mol. The van der Waals surface area contributed by atoms with Gasteiger partial charge in [0.05, 0.1) is 23.2 Å². The Labute approximate surface area is 198 Å². The molecule has 2 N–H and O–H groups in total. The molecule has 2 amide bonds. The monoisotopic (exact) mass is 466 g/mol. The van der Waals surface area contributed by atoms with Crippen molar-refractivity contribution < 1.29 is 9.59 Å². The highest BCUT2D eigenvalue weighted by Gasteiger charge is 2.14. The molecule has 1 heterocycles. The number of para-hydroxylation sites is 1. The molecule has 0 atom stereocenters. The highest BCUT2D eigenvalue weighted by atomic mass is 32.2. The van der Waals surface area contributed by atoms with Crippen molar-refractivity contribution in [2.75, 3.05) is 17.6 Å². The summed E-state index contributed by atoms with van der Waals surface area (Å²) in [5, 5.41) is 6.54. The average Bonchev–Trinajstić information content (AvgIpc) is 2.78. The molecule has 2 aromatic carbocycles. The van der Waals surface area contributed by atoms with E-state index in [2.05, 4.69) is 29.5 Å². The first kappa shape index (κ1) is 24.5. The van der Waals surface area contributed by atoms with Crippen molar-refractivity contribution in [3.63, 3.8) is 0 Å². The highest BCUT2D eigenvalue weighted by Crippen LogP contribution is 2.19. The number of benzene rings is 2. The lowest BCUT2D eigenvalue weighted by Crippen LogP contribution is -2.34. The number of thioether (sulfide) groups is 1. The lowest BCUT2D eigenvalue weighted by atomic mass is 10.1. The van der Waals surface area contributed by atoms with Gasteiger partial charge in [0.25, 0.3) is 5.56 Å². The van der Waals surface area contributed by atoms with Crippen molar-refractivity contribution in [1.29, 1.82) is 0 Å². The van der Waals surface area contributed by atoms with E-state index >= 15 is 0 Å². The molecule has 3 aromatic rings. The molecule has 0 radical (unpaired) electrons. The summed E-state index contributed by atoms with van der Waals surface area (Å²) in [4.78, 5) is 42.3. The van der Waals surface area contributed by atoms with Crippen LogP contribution in [0.5, 0.6) is 0 Å². The number of anilines is 1. The van der Waals surface area contributed by atoms with Gasteiger partial charge in [0, 0.05) is 12.2 Å². The van der Waals surface area contributed by atoms with Gasteiger partial charge in [0.1, 0.15) is 0 Å². The molecule has 0 saturated carbocycles. The molecule has 8 heteroatoms. The number of rotatable bonds is 9. The van der Waals surface area contributed by atoms with Crippen LogP contribution in [0.4, 0.5) is 5.69 Å². The minimum Gasteiger partial charge on any atom is -0.346 e. The zero-order valence-corrected chi connectivity index (χ0v) is 20.3. The maximum atomic E-state index is 13.0. The number of hydrogen-bond donors (Lipinski definition) is 2. The Bertz CT molecular complexity index is 1220. The number of nitrogens with zero attached hydrogens (tertiary/aromatic N) is 2. The number of nitrogens with one attached hydrogen (secondary N) is 2. The maximum Gasteiger partial charge on any atom is 0.262 e. The molecule has 7 nitrogen and oxygen atoms in total. The Kier molecular flexibility index (Phi) is 8.27. The molecule has 0 aliphatic heterocycles. The fourth-order valence-electron chi connectivity index (χ4n) is 3.28. The topological polar surface area (TPSA) is 93.1 Å². The molecule has 33 heavy (non-hydrogen) atoms. The van der Waals surface area contributed by atoms with Gasteiger partial charge >= 0.3 is 0 Å². The molecule has 0 bridgehead atoms. The third kappa shape index (κ3) is 6.44. The van der Waals surface area contributed by atoms with Gasteiger partial charge < -0.3 is 10.6 Å². The summed E-state index contributed by atoms with van der Waals surface area (Å²) < 4.78 is 1.65. The summed E-state index contributed by atoms with van der Waals surface area (Å²) in [7, 11) is 0. The fraction of sp³-hybridized carbons (Fsp3) is 0.360. The summed E-state index contributed by atoms with van der Waals surface area (Å²) in [6.07, 6.45) is 0.832. The van der Waals surface area contributed by atoms with Crippen molar-refractivity contribution in [3.8, 4) is 0 Å². The van der Waals surface area contributed by atoms with E-state index in [0.717, 1.165) is 23.2 Å². The number of carbonyl (C=O) groups is 2. The zero-order valence-electron chi connectivity index (χ0n) is 19.5. The summed E-state index contributed by atoms with van der Waals surface area (Å²) in [6.45, 7) is 8.53. The molecule has 0 unspecified atom stereocenters. The Morgan fingerprint density at radius 3 is 2.58 bits per heavy atom. The van der Waals surface area contributed by atoms with Gasteiger partial charge in [0.2, 0.25) is 11.8 Å². The Morgan fingerprint density at radius 1 is 1.06 bits per heavy atom. The van der Waals surface area contributed by atoms with Gasteiger partial charge in [-0.3, -0.25) is 19.0 Å². The Morgan fingerprint density at radius 2 is 1.82 bits per heavy atom.